The van der Waals surface area contributed by atoms with Crippen LogP contribution < -0.4 is 4.74 Å². The minimum atomic E-state index is 0.244. The molecule has 3 heteroatoms. The lowest BCUT2D eigenvalue weighted by molar-refractivity contribution is 0.0994. The SMILES string of the molecule is O=C1CCc2c(OCCc3cccs3)cccc21. The lowest BCUT2D eigenvalue weighted by atomic mass is 10.1. The van der Waals surface area contributed by atoms with Crippen molar-refractivity contribution in [3.63, 3.8) is 0 Å². The van der Waals surface area contributed by atoms with Crippen LogP contribution in [0.1, 0.15) is 27.2 Å². The maximum atomic E-state index is 11.6. The molecule has 1 heterocycles. The molecule has 0 unspecified atom stereocenters. The molecule has 0 atom stereocenters. The number of carbonyl (C=O) groups is 1. The van der Waals surface area contributed by atoms with Crippen molar-refractivity contribution in [3.05, 3.63) is 51.7 Å². The van der Waals surface area contributed by atoms with Crippen LogP contribution in [-0.4, -0.2) is 12.4 Å². The Hall–Kier alpha value is -1.61. The number of hydrogen-bond donors (Lipinski definition) is 0. The lowest BCUT2D eigenvalue weighted by Gasteiger charge is -2.09. The van der Waals surface area contributed by atoms with Gasteiger partial charge in [0.25, 0.3) is 0 Å². The summed E-state index contributed by atoms with van der Waals surface area (Å²) in [6, 6.07) is 9.94. The lowest BCUT2D eigenvalue weighted by Crippen LogP contribution is -2.02. The molecular weight excluding hydrogens is 244 g/mol. The Kier molecular flexibility index (Phi) is 3.15. The molecule has 0 saturated heterocycles. The van der Waals surface area contributed by atoms with Gasteiger partial charge < -0.3 is 4.74 Å². The zero-order chi connectivity index (χ0) is 12.4. The molecule has 18 heavy (non-hydrogen) atoms. The summed E-state index contributed by atoms with van der Waals surface area (Å²) in [7, 11) is 0. The van der Waals surface area contributed by atoms with Crippen LogP contribution in [0.3, 0.4) is 0 Å². The molecule has 1 aromatic carbocycles. The zero-order valence-electron chi connectivity index (χ0n) is 10.0. The molecule has 3 rings (SSSR count). The molecular formula is C15H14O2S. The Morgan fingerprint density at radius 3 is 2.94 bits per heavy atom. The number of ketones is 1. The van der Waals surface area contributed by atoms with Gasteiger partial charge in [0.1, 0.15) is 5.75 Å². The topological polar surface area (TPSA) is 26.3 Å². The summed E-state index contributed by atoms with van der Waals surface area (Å²) >= 11 is 1.75. The Morgan fingerprint density at radius 1 is 1.17 bits per heavy atom. The molecule has 1 aliphatic carbocycles. The normalized spacial score (nSPS) is 13.7. The number of benzene rings is 1. The summed E-state index contributed by atoms with van der Waals surface area (Å²) in [5.41, 5.74) is 1.94. The van der Waals surface area contributed by atoms with Gasteiger partial charge in [0.15, 0.2) is 5.78 Å². The minimum absolute atomic E-state index is 0.244. The predicted octanol–water partition coefficient (Wildman–Crippen LogP) is 3.50. The van der Waals surface area contributed by atoms with Crippen molar-refractivity contribution in [3.8, 4) is 5.75 Å². The van der Waals surface area contributed by atoms with Crippen molar-refractivity contribution in [1.82, 2.24) is 0 Å². The fourth-order valence-electron chi connectivity index (χ4n) is 2.31. The van der Waals surface area contributed by atoms with Gasteiger partial charge in [-0.05, 0) is 23.9 Å². The van der Waals surface area contributed by atoms with Crippen molar-refractivity contribution in [2.75, 3.05) is 6.61 Å². The molecule has 0 N–H and O–H groups in total. The first-order valence-corrected chi connectivity index (χ1v) is 7.03. The molecule has 92 valence electrons. The van der Waals surface area contributed by atoms with E-state index in [-0.39, 0.29) is 5.78 Å². The maximum absolute atomic E-state index is 11.6. The van der Waals surface area contributed by atoms with Crippen LogP contribution in [0, 0.1) is 0 Å². The molecule has 0 amide bonds. The van der Waals surface area contributed by atoms with Crippen molar-refractivity contribution in [2.45, 2.75) is 19.3 Å². The van der Waals surface area contributed by atoms with Crippen LogP contribution in [0.25, 0.3) is 0 Å². The van der Waals surface area contributed by atoms with Crippen LogP contribution in [0.4, 0.5) is 0 Å². The van der Waals surface area contributed by atoms with Crippen molar-refractivity contribution >= 4 is 17.1 Å². The Morgan fingerprint density at radius 2 is 2.11 bits per heavy atom. The van der Waals surface area contributed by atoms with E-state index >= 15 is 0 Å². The summed E-state index contributed by atoms with van der Waals surface area (Å²) < 4.78 is 5.82. The second kappa shape index (κ2) is 4.94. The second-order valence-corrected chi connectivity index (χ2v) is 5.42. The number of ether oxygens (including phenoxy) is 1. The monoisotopic (exact) mass is 258 g/mol. The molecule has 2 aromatic rings. The van der Waals surface area contributed by atoms with Crippen molar-refractivity contribution < 1.29 is 9.53 Å². The summed E-state index contributed by atoms with van der Waals surface area (Å²) in [6.45, 7) is 0.672. The van der Waals surface area contributed by atoms with E-state index in [1.54, 1.807) is 11.3 Å². The Bertz CT molecular complexity index is 558. The predicted molar refractivity (Wildman–Crippen MR) is 72.6 cm³/mol. The fourth-order valence-corrected chi connectivity index (χ4v) is 3.00. The van der Waals surface area contributed by atoms with Crippen molar-refractivity contribution in [2.24, 2.45) is 0 Å². The Labute approximate surface area is 110 Å². The molecule has 0 radical (unpaired) electrons. The van der Waals surface area contributed by atoms with E-state index in [2.05, 4.69) is 17.5 Å². The quantitative estimate of drug-likeness (QED) is 0.839. The van der Waals surface area contributed by atoms with Crippen LogP contribution in [-0.2, 0) is 12.8 Å². The van der Waals surface area contributed by atoms with Gasteiger partial charge in [-0.2, -0.15) is 0 Å². The van der Waals surface area contributed by atoms with Gasteiger partial charge in [-0.1, -0.05) is 18.2 Å². The van der Waals surface area contributed by atoms with E-state index < -0.39 is 0 Å². The molecule has 2 nitrogen and oxygen atoms in total. The molecule has 0 aliphatic heterocycles. The summed E-state index contributed by atoms with van der Waals surface area (Å²) in [4.78, 5) is 13.0. The minimum Gasteiger partial charge on any atom is -0.493 e. The van der Waals surface area contributed by atoms with Crippen LogP contribution in [0.15, 0.2) is 35.7 Å². The number of fused-ring (bicyclic) bond motifs is 1. The number of Topliss-reactive ketones (excluding diaryl/α,β-unsaturated/α-hetero) is 1. The highest BCUT2D eigenvalue weighted by molar-refractivity contribution is 7.09. The highest BCUT2D eigenvalue weighted by Gasteiger charge is 2.22. The highest BCUT2D eigenvalue weighted by Crippen LogP contribution is 2.30. The first kappa shape index (κ1) is 11.5. The van der Waals surface area contributed by atoms with Gasteiger partial charge in [-0.25, -0.2) is 0 Å². The summed E-state index contributed by atoms with van der Waals surface area (Å²) in [6.07, 6.45) is 2.37. The molecule has 1 aromatic heterocycles. The second-order valence-electron chi connectivity index (χ2n) is 4.38. The van der Waals surface area contributed by atoms with Gasteiger partial charge in [0, 0.05) is 28.8 Å². The number of thiophene rings is 1. The molecule has 0 spiro atoms. The van der Waals surface area contributed by atoms with E-state index in [4.69, 9.17) is 4.74 Å². The molecule has 0 bridgehead atoms. The standard InChI is InChI=1S/C15H14O2S/c16-14-7-6-13-12(14)4-1-5-15(13)17-9-8-11-3-2-10-18-11/h1-5,10H,6-9H2. The van der Waals surface area contributed by atoms with E-state index in [1.165, 1.54) is 4.88 Å². The smallest absolute Gasteiger partial charge is 0.163 e. The van der Waals surface area contributed by atoms with E-state index in [9.17, 15) is 4.79 Å². The number of rotatable bonds is 4. The van der Waals surface area contributed by atoms with Gasteiger partial charge in [0.05, 0.1) is 6.61 Å². The van der Waals surface area contributed by atoms with Crippen LogP contribution >= 0.6 is 11.3 Å². The summed E-state index contributed by atoms with van der Waals surface area (Å²) in [5, 5.41) is 2.08. The molecule has 1 aliphatic rings. The van der Waals surface area contributed by atoms with Gasteiger partial charge in [-0.15, -0.1) is 11.3 Å². The number of carbonyl (C=O) groups excluding carboxylic acids is 1. The third-order valence-electron chi connectivity index (χ3n) is 3.22. The first-order chi connectivity index (χ1) is 8.84. The van der Waals surface area contributed by atoms with Gasteiger partial charge in [-0.3, -0.25) is 4.79 Å². The van der Waals surface area contributed by atoms with E-state index in [0.29, 0.717) is 13.0 Å². The third-order valence-corrected chi connectivity index (χ3v) is 4.16. The molecule has 0 saturated carbocycles. The number of hydrogen-bond acceptors (Lipinski definition) is 3. The van der Waals surface area contributed by atoms with Gasteiger partial charge >= 0.3 is 0 Å². The third kappa shape index (κ3) is 2.18. The average Bonchev–Trinajstić information content (AvgIpc) is 3.01. The molecule has 0 fully saturated rings. The first-order valence-electron chi connectivity index (χ1n) is 6.15. The fraction of sp³-hybridized carbons (Fsp3) is 0.267. The average molecular weight is 258 g/mol. The van der Waals surface area contributed by atoms with Crippen LogP contribution in [0.5, 0.6) is 5.75 Å². The van der Waals surface area contributed by atoms with Crippen molar-refractivity contribution in [1.29, 1.82) is 0 Å². The zero-order valence-corrected chi connectivity index (χ0v) is 10.8. The van der Waals surface area contributed by atoms with E-state index in [1.807, 2.05) is 18.2 Å². The maximum Gasteiger partial charge on any atom is 0.163 e. The van der Waals surface area contributed by atoms with Crippen LogP contribution in [0.2, 0.25) is 0 Å². The van der Waals surface area contributed by atoms with E-state index in [0.717, 1.165) is 29.7 Å². The Balaban J connectivity index is 1.68. The summed E-state index contributed by atoms with van der Waals surface area (Å²) in [5.74, 6) is 1.13. The van der Waals surface area contributed by atoms with Gasteiger partial charge in [0.2, 0.25) is 0 Å². The largest absolute Gasteiger partial charge is 0.493 e. The highest BCUT2D eigenvalue weighted by atomic mass is 32.1.